The lowest BCUT2D eigenvalue weighted by molar-refractivity contribution is 0.326. The van der Waals surface area contributed by atoms with E-state index in [0.717, 1.165) is 44.1 Å². The van der Waals surface area contributed by atoms with E-state index in [0.29, 0.717) is 0 Å². The van der Waals surface area contributed by atoms with Gasteiger partial charge in [-0.05, 0) is 83.9 Å². The molecule has 1 aromatic rings. The van der Waals surface area contributed by atoms with Crippen LogP contribution in [0.15, 0.2) is 77.2 Å². The summed E-state index contributed by atoms with van der Waals surface area (Å²) >= 11 is 0. The Labute approximate surface area is 222 Å². The average molecular weight is 564 g/mol. The van der Waals surface area contributed by atoms with Gasteiger partial charge < -0.3 is 10.2 Å². The van der Waals surface area contributed by atoms with Crippen molar-refractivity contribution >= 4 is 20.8 Å². The maximum atomic E-state index is 9.44. The molecular formula is C25H41NO9S2. The Morgan fingerprint density at radius 3 is 1.57 bits per heavy atom. The lowest BCUT2D eigenvalue weighted by atomic mass is 10.0. The van der Waals surface area contributed by atoms with Crippen LogP contribution in [0.25, 0.3) is 0 Å². The van der Waals surface area contributed by atoms with Crippen LogP contribution in [0.3, 0.4) is 0 Å². The van der Waals surface area contributed by atoms with Gasteiger partial charge in [0, 0.05) is 12.4 Å². The third-order valence-corrected chi connectivity index (χ3v) is 5.78. The number of aliphatic hydroxyl groups excluding tert-OH is 2. The highest BCUT2D eigenvalue weighted by Gasteiger charge is 2.15. The van der Waals surface area contributed by atoms with Gasteiger partial charge in [0.15, 0.2) is 0 Å². The fourth-order valence-electron chi connectivity index (χ4n) is 2.62. The van der Waals surface area contributed by atoms with Gasteiger partial charge in [-0.3, -0.25) is 14.1 Å². The summed E-state index contributed by atoms with van der Waals surface area (Å²) < 4.78 is 55.6. The van der Waals surface area contributed by atoms with Crippen LogP contribution in [0.1, 0.15) is 66.2 Å². The number of rotatable bonds is 13. The molecule has 0 amide bonds. The first kappa shape index (κ1) is 37.0. The van der Waals surface area contributed by atoms with Crippen LogP contribution < -0.4 is 0 Å². The second-order valence-electron chi connectivity index (χ2n) is 8.15. The zero-order chi connectivity index (χ0) is 28.7. The molecule has 0 aliphatic carbocycles. The molecule has 0 bridgehead atoms. The molecule has 1 heterocycles. The van der Waals surface area contributed by atoms with Gasteiger partial charge in [0.1, 0.15) is 0 Å². The molecule has 1 rings (SSSR count). The molecule has 37 heavy (non-hydrogen) atoms. The lowest BCUT2D eigenvalue weighted by Crippen LogP contribution is -2.10. The summed E-state index contributed by atoms with van der Waals surface area (Å²) in [6, 6.07) is 5.72. The third-order valence-electron chi connectivity index (χ3n) is 4.40. The van der Waals surface area contributed by atoms with Crippen molar-refractivity contribution in [1.82, 2.24) is 4.98 Å². The maximum Gasteiger partial charge on any atom is 0.413 e. The highest BCUT2D eigenvalue weighted by Crippen LogP contribution is 2.13. The van der Waals surface area contributed by atoms with E-state index in [4.69, 9.17) is 14.2 Å². The van der Waals surface area contributed by atoms with Crippen LogP contribution in [0.4, 0.5) is 0 Å². The molecule has 0 saturated carbocycles. The summed E-state index contributed by atoms with van der Waals surface area (Å²) in [7, 11) is -10.2. The predicted octanol–water partition coefficient (Wildman–Crippen LogP) is 4.79. The van der Waals surface area contributed by atoms with E-state index in [2.05, 4.69) is 47.6 Å². The molecule has 0 saturated heterocycles. The zero-order valence-corrected chi connectivity index (χ0v) is 23.6. The van der Waals surface area contributed by atoms with Gasteiger partial charge >= 0.3 is 20.8 Å². The standard InChI is InChI=1S/C20H34O2.C5H5N.H2O7S2/c1-17(2)8-5-9-18(3)10-6-12-20(16-22)13-7-11-19(4)14-15-21;1-2-4-6-5-3-1;1-8(2,3)7-9(4,5)6/h8,10,13-14,21-22H,5-7,9,11-12,15-16H2,1-4H3;1-5H;(H,1,2,3)(H,4,5,6)/b18-10+,19-14+,20-13+;;. The topological polar surface area (TPSA) is 171 Å². The van der Waals surface area contributed by atoms with Crippen LogP contribution in [-0.4, -0.2) is 54.4 Å². The van der Waals surface area contributed by atoms with E-state index < -0.39 is 20.8 Å². The Bertz CT molecular complexity index is 1000. The molecule has 12 heteroatoms. The van der Waals surface area contributed by atoms with Crippen molar-refractivity contribution in [2.75, 3.05) is 13.2 Å². The van der Waals surface area contributed by atoms with Crippen molar-refractivity contribution in [3.8, 4) is 0 Å². The number of aromatic nitrogens is 1. The summed E-state index contributed by atoms with van der Waals surface area (Å²) in [6.45, 7) is 8.74. The summed E-state index contributed by atoms with van der Waals surface area (Å²) in [6.07, 6.45) is 18.1. The molecule has 0 aliphatic heterocycles. The quantitative estimate of drug-likeness (QED) is 0.193. The van der Waals surface area contributed by atoms with Gasteiger partial charge in [0.25, 0.3) is 0 Å². The van der Waals surface area contributed by atoms with Gasteiger partial charge in [-0.25, -0.2) is 0 Å². The minimum absolute atomic E-state index is 0.110. The summed E-state index contributed by atoms with van der Waals surface area (Å²) in [5, 5.41) is 18.2. The molecular weight excluding hydrogens is 522 g/mol. The lowest BCUT2D eigenvalue weighted by Gasteiger charge is -2.04. The highest BCUT2D eigenvalue weighted by molar-refractivity contribution is 7.94. The molecule has 10 nitrogen and oxygen atoms in total. The van der Waals surface area contributed by atoms with E-state index in [1.807, 2.05) is 31.2 Å². The second kappa shape index (κ2) is 21.9. The molecule has 4 N–H and O–H groups in total. The number of allylic oxidation sites excluding steroid dienone is 6. The minimum Gasteiger partial charge on any atom is -0.392 e. The first-order valence-electron chi connectivity index (χ1n) is 11.5. The maximum absolute atomic E-state index is 9.44. The SMILES string of the molecule is CC(C)=CCC/C(C)=C/CC/C(=C\CC/C(C)=C/CO)CO.O=S(=O)(O)OS(=O)(=O)O.c1ccncc1. The van der Waals surface area contributed by atoms with Crippen LogP contribution in [-0.2, 0) is 24.4 Å². The molecule has 0 fully saturated rings. The Morgan fingerprint density at radius 2 is 1.22 bits per heavy atom. The Morgan fingerprint density at radius 1 is 0.730 bits per heavy atom. The van der Waals surface area contributed by atoms with Crippen LogP contribution in [0.2, 0.25) is 0 Å². The molecule has 0 spiro atoms. The van der Waals surface area contributed by atoms with Crippen molar-refractivity contribution in [1.29, 1.82) is 0 Å². The fourth-order valence-corrected chi connectivity index (χ4v) is 3.49. The van der Waals surface area contributed by atoms with Crippen molar-refractivity contribution in [3.05, 3.63) is 77.2 Å². The minimum atomic E-state index is -5.12. The van der Waals surface area contributed by atoms with Gasteiger partial charge in [-0.15, -0.1) is 3.63 Å². The van der Waals surface area contributed by atoms with Crippen LogP contribution in [0, 0.1) is 0 Å². The first-order chi connectivity index (χ1) is 17.2. The normalized spacial score (nSPS) is 12.6. The Kier molecular flexibility index (Phi) is 21.8. The average Bonchev–Trinajstić information content (AvgIpc) is 2.77. The van der Waals surface area contributed by atoms with Crippen LogP contribution in [0.5, 0.6) is 0 Å². The molecule has 0 radical (unpaired) electrons. The smallest absolute Gasteiger partial charge is 0.392 e. The number of hydrogen-bond acceptors (Lipinski definition) is 8. The summed E-state index contributed by atoms with van der Waals surface area (Å²) in [5.41, 5.74) is 5.12. The first-order valence-corrected chi connectivity index (χ1v) is 14.3. The van der Waals surface area contributed by atoms with Crippen molar-refractivity contribution in [2.45, 2.75) is 66.2 Å². The van der Waals surface area contributed by atoms with Crippen molar-refractivity contribution in [3.63, 3.8) is 0 Å². The third kappa shape index (κ3) is 31.8. The fraction of sp³-hybridized carbons (Fsp3) is 0.480. The molecule has 1 aromatic heterocycles. The molecule has 212 valence electrons. The van der Waals surface area contributed by atoms with E-state index in [9.17, 15) is 21.9 Å². The number of hydrogen-bond donors (Lipinski definition) is 4. The largest absolute Gasteiger partial charge is 0.413 e. The van der Waals surface area contributed by atoms with Gasteiger partial charge in [0.05, 0.1) is 13.2 Å². The number of pyridine rings is 1. The number of aliphatic hydroxyl groups is 2. The number of nitrogens with zero attached hydrogens (tertiary/aromatic N) is 1. The zero-order valence-electron chi connectivity index (χ0n) is 21.9. The van der Waals surface area contributed by atoms with Gasteiger partial charge in [-0.1, -0.05) is 47.1 Å². The highest BCUT2D eigenvalue weighted by atomic mass is 32.3. The van der Waals surface area contributed by atoms with Crippen molar-refractivity contribution in [2.24, 2.45) is 0 Å². The summed E-state index contributed by atoms with van der Waals surface area (Å²) in [5.74, 6) is 0. The Hall–Kier alpha value is -2.19. The van der Waals surface area contributed by atoms with E-state index >= 15 is 0 Å². The monoisotopic (exact) mass is 563 g/mol. The molecule has 0 aliphatic rings. The van der Waals surface area contributed by atoms with Gasteiger partial charge in [0.2, 0.25) is 0 Å². The van der Waals surface area contributed by atoms with Gasteiger partial charge in [-0.2, -0.15) is 16.8 Å². The Balaban J connectivity index is 0. The van der Waals surface area contributed by atoms with Crippen LogP contribution >= 0.6 is 0 Å². The van der Waals surface area contributed by atoms with E-state index in [-0.39, 0.29) is 13.2 Å². The second-order valence-corrected chi connectivity index (χ2v) is 10.4. The summed E-state index contributed by atoms with van der Waals surface area (Å²) in [4.78, 5) is 3.78. The van der Waals surface area contributed by atoms with E-state index in [1.54, 1.807) is 12.4 Å². The van der Waals surface area contributed by atoms with Crippen molar-refractivity contribution < 1.29 is 39.8 Å². The molecule has 0 unspecified atom stereocenters. The molecule has 0 atom stereocenters. The molecule has 0 aromatic carbocycles. The predicted molar refractivity (Wildman–Crippen MR) is 145 cm³/mol. The van der Waals surface area contributed by atoms with E-state index in [1.165, 1.54) is 16.7 Å².